The molecule has 0 saturated carbocycles. The summed E-state index contributed by atoms with van der Waals surface area (Å²) in [6.07, 6.45) is 2.56. The maximum absolute atomic E-state index is 4.51. The van der Waals surface area contributed by atoms with Crippen LogP contribution < -0.4 is 0 Å². The van der Waals surface area contributed by atoms with E-state index in [0.29, 0.717) is 12.0 Å². The molecule has 1 fully saturated rings. The molecule has 4 rings (SSSR count). The van der Waals surface area contributed by atoms with E-state index >= 15 is 0 Å². The number of benzene rings is 2. The Bertz CT molecular complexity index is 846. The molecule has 1 aromatic heterocycles. The highest BCUT2D eigenvalue weighted by Crippen LogP contribution is 2.34. The van der Waals surface area contributed by atoms with Gasteiger partial charge in [-0.1, -0.05) is 24.3 Å². The number of rotatable bonds is 3. The Morgan fingerprint density at radius 3 is 2.65 bits per heavy atom. The predicted octanol–water partition coefficient (Wildman–Crippen LogP) is 4.83. The van der Waals surface area contributed by atoms with Crippen molar-refractivity contribution in [3.63, 3.8) is 0 Å². The Labute approximate surface area is 138 Å². The molecule has 0 spiro atoms. The quantitative estimate of drug-likeness (QED) is 0.673. The molecule has 2 heterocycles. The molecular weight excluding hydrogens is 280 g/mol. The van der Waals surface area contributed by atoms with Gasteiger partial charge in [0.15, 0.2) is 0 Å². The largest absolute Gasteiger partial charge is 0.341 e. The summed E-state index contributed by atoms with van der Waals surface area (Å²) in [4.78, 5) is 2.47. The monoisotopic (exact) mass is 305 g/mol. The van der Waals surface area contributed by atoms with E-state index in [1.807, 2.05) is 0 Å². The number of fused-ring (bicyclic) bond motifs is 3. The molecule has 119 valence electrons. The van der Waals surface area contributed by atoms with Crippen molar-refractivity contribution in [2.75, 3.05) is 13.6 Å². The number of likely N-dealkylation sites (N-methyl/N-ethyl adjacent to an activating group) is 1. The summed E-state index contributed by atoms with van der Waals surface area (Å²) in [5, 5.41) is 2.73. The minimum atomic E-state index is 0.343. The van der Waals surface area contributed by atoms with Crippen LogP contribution in [0, 0.1) is 6.92 Å². The molecule has 2 unspecified atom stereocenters. The molecule has 0 N–H and O–H groups in total. The van der Waals surface area contributed by atoms with Crippen molar-refractivity contribution < 1.29 is 0 Å². The second-order valence-corrected chi connectivity index (χ2v) is 6.83. The van der Waals surface area contributed by atoms with E-state index < -0.39 is 0 Å². The Hall–Kier alpha value is -1.80. The summed E-state index contributed by atoms with van der Waals surface area (Å²) in [7, 11) is 2.23. The second-order valence-electron chi connectivity index (χ2n) is 6.83. The van der Waals surface area contributed by atoms with Gasteiger partial charge in [-0.2, -0.15) is 0 Å². The Balaban J connectivity index is 1.86. The van der Waals surface area contributed by atoms with Gasteiger partial charge in [0.25, 0.3) is 0 Å². The smallest absolute Gasteiger partial charge is 0.0491 e. The highest BCUT2D eigenvalue weighted by molar-refractivity contribution is 6.08. The van der Waals surface area contributed by atoms with Crippen LogP contribution in [0.2, 0.25) is 0 Å². The zero-order valence-corrected chi connectivity index (χ0v) is 14.1. The van der Waals surface area contributed by atoms with Gasteiger partial charge < -0.3 is 9.47 Å². The lowest BCUT2D eigenvalue weighted by Crippen LogP contribution is -2.29. The first-order valence-electron chi connectivity index (χ1n) is 8.75. The summed E-state index contributed by atoms with van der Waals surface area (Å²) in [5.74, 6) is 0.343. The van der Waals surface area contributed by atoms with Crippen molar-refractivity contribution in [3.05, 3.63) is 55.0 Å². The van der Waals surface area contributed by atoms with Gasteiger partial charge in [-0.25, -0.2) is 0 Å². The summed E-state index contributed by atoms with van der Waals surface area (Å²) in [5.41, 5.74) is 4.04. The Kier molecular flexibility index (Phi) is 3.65. The topological polar surface area (TPSA) is 8.17 Å². The number of aromatic nitrogens is 1. The van der Waals surface area contributed by atoms with Gasteiger partial charge in [-0.3, -0.25) is 0 Å². The van der Waals surface area contributed by atoms with Crippen molar-refractivity contribution in [1.82, 2.24) is 9.47 Å². The van der Waals surface area contributed by atoms with Crippen LogP contribution in [-0.4, -0.2) is 29.1 Å². The van der Waals surface area contributed by atoms with Crippen LogP contribution in [0.1, 0.15) is 31.2 Å². The molecule has 2 aromatic carbocycles. The molecule has 0 bridgehead atoms. The van der Waals surface area contributed by atoms with Crippen LogP contribution >= 0.6 is 0 Å². The van der Waals surface area contributed by atoms with Gasteiger partial charge >= 0.3 is 0 Å². The molecule has 3 aromatic rings. The molecule has 0 aliphatic carbocycles. The van der Waals surface area contributed by atoms with E-state index in [2.05, 4.69) is 72.8 Å². The Morgan fingerprint density at radius 1 is 1.13 bits per heavy atom. The van der Waals surface area contributed by atoms with Gasteiger partial charge in [-0.15, -0.1) is 0 Å². The predicted molar refractivity (Wildman–Crippen MR) is 98.9 cm³/mol. The van der Waals surface area contributed by atoms with Crippen molar-refractivity contribution >= 4 is 21.8 Å². The van der Waals surface area contributed by atoms with Gasteiger partial charge in [0.1, 0.15) is 0 Å². The Morgan fingerprint density at radius 2 is 1.91 bits per heavy atom. The second kappa shape index (κ2) is 5.68. The average molecular weight is 305 g/mol. The van der Waals surface area contributed by atoms with Crippen LogP contribution in [0.5, 0.6) is 0 Å². The number of nitrogens with zero attached hydrogens (tertiary/aromatic N) is 2. The van der Waals surface area contributed by atoms with Crippen LogP contribution in [0.3, 0.4) is 0 Å². The first-order chi connectivity index (χ1) is 11.2. The van der Waals surface area contributed by atoms with Crippen LogP contribution in [0.15, 0.2) is 42.5 Å². The standard InChI is InChI=1S/C21H25N2/c1-4-23-20-9-6-5-8-17(20)18-14-16(11-12-21(18)23)15(2)19-10-7-13-22(19)3/h5-6,8-9,11-12,14-15,19H,2,4,7,10,13H2,1,3H3. The molecule has 2 atom stereocenters. The van der Waals surface area contributed by atoms with Crippen molar-refractivity contribution in [1.29, 1.82) is 0 Å². The molecule has 1 aliphatic rings. The minimum Gasteiger partial charge on any atom is -0.341 e. The SMILES string of the molecule is [CH2]C(c1ccc2c(c1)c1ccccc1n2CC)C1CCCN1C. The molecule has 1 saturated heterocycles. The van der Waals surface area contributed by atoms with Gasteiger partial charge in [0.2, 0.25) is 0 Å². The first-order valence-corrected chi connectivity index (χ1v) is 8.75. The fraction of sp³-hybridized carbons (Fsp3) is 0.381. The third-order valence-corrected chi connectivity index (χ3v) is 5.58. The lowest BCUT2D eigenvalue weighted by atomic mass is 9.91. The van der Waals surface area contributed by atoms with Crippen molar-refractivity contribution in [2.45, 2.75) is 38.3 Å². The summed E-state index contributed by atoms with van der Waals surface area (Å²) >= 11 is 0. The van der Waals surface area contributed by atoms with E-state index in [1.165, 1.54) is 46.8 Å². The van der Waals surface area contributed by atoms with Gasteiger partial charge in [-0.05, 0) is 70.0 Å². The zero-order chi connectivity index (χ0) is 16.0. The van der Waals surface area contributed by atoms with Crippen molar-refractivity contribution in [2.24, 2.45) is 0 Å². The molecular formula is C21H25N2. The average Bonchev–Trinajstić information content (AvgIpc) is 3.14. The summed E-state index contributed by atoms with van der Waals surface area (Å²) in [6, 6.07) is 16.3. The van der Waals surface area contributed by atoms with Crippen LogP contribution in [-0.2, 0) is 6.54 Å². The maximum atomic E-state index is 4.51. The van der Waals surface area contributed by atoms with Crippen LogP contribution in [0.4, 0.5) is 0 Å². The first kappa shape index (κ1) is 14.8. The van der Waals surface area contributed by atoms with Gasteiger partial charge in [0.05, 0.1) is 0 Å². The fourth-order valence-electron chi connectivity index (χ4n) is 4.31. The van der Waals surface area contributed by atoms with E-state index in [-0.39, 0.29) is 0 Å². The third kappa shape index (κ3) is 2.28. The number of hydrogen-bond donors (Lipinski definition) is 0. The number of hydrogen-bond acceptors (Lipinski definition) is 1. The highest BCUT2D eigenvalue weighted by Gasteiger charge is 2.27. The third-order valence-electron chi connectivity index (χ3n) is 5.58. The molecule has 2 heteroatoms. The number of likely N-dealkylation sites (tertiary alicyclic amines) is 1. The lowest BCUT2D eigenvalue weighted by molar-refractivity contribution is 0.290. The zero-order valence-electron chi connectivity index (χ0n) is 14.1. The molecule has 23 heavy (non-hydrogen) atoms. The molecule has 0 amide bonds. The van der Waals surface area contributed by atoms with E-state index in [0.717, 1.165) is 6.54 Å². The van der Waals surface area contributed by atoms with Crippen molar-refractivity contribution in [3.8, 4) is 0 Å². The molecule has 1 aliphatic heterocycles. The fourth-order valence-corrected chi connectivity index (χ4v) is 4.31. The van der Waals surface area contributed by atoms with E-state index in [9.17, 15) is 0 Å². The molecule has 1 radical (unpaired) electrons. The summed E-state index contributed by atoms with van der Waals surface area (Å²) < 4.78 is 2.41. The van der Waals surface area contributed by atoms with Crippen LogP contribution in [0.25, 0.3) is 21.8 Å². The number of para-hydroxylation sites is 1. The summed E-state index contributed by atoms with van der Waals surface area (Å²) in [6.45, 7) is 8.93. The molecule has 2 nitrogen and oxygen atoms in total. The minimum absolute atomic E-state index is 0.343. The van der Waals surface area contributed by atoms with E-state index in [1.54, 1.807) is 0 Å². The highest BCUT2D eigenvalue weighted by atomic mass is 15.1. The van der Waals surface area contributed by atoms with E-state index in [4.69, 9.17) is 0 Å². The lowest BCUT2D eigenvalue weighted by Gasteiger charge is -2.26. The van der Waals surface area contributed by atoms with Gasteiger partial charge in [0, 0.05) is 34.4 Å². The normalized spacial score (nSPS) is 20.6. The maximum Gasteiger partial charge on any atom is 0.0491 e. The number of aryl methyl sites for hydroxylation is 1.